The van der Waals surface area contributed by atoms with Crippen LogP contribution in [0.5, 0.6) is 5.75 Å². The van der Waals surface area contributed by atoms with Crippen LogP contribution in [0.25, 0.3) is 0 Å². The minimum absolute atomic E-state index is 0.0581. The molecule has 0 heterocycles. The number of carbonyl (C=O) groups is 1. The van der Waals surface area contributed by atoms with Crippen molar-refractivity contribution < 1.29 is 18.8 Å². The highest BCUT2D eigenvalue weighted by Crippen LogP contribution is 2.19. The maximum absolute atomic E-state index is 12.8. The lowest BCUT2D eigenvalue weighted by molar-refractivity contribution is -0.919. The molecular weight excluding hydrogens is 398 g/mol. The third kappa shape index (κ3) is 9.04. The van der Waals surface area contributed by atoms with Gasteiger partial charge in [-0.25, -0.2) is 4.79 Å². The molecule has 2 aromatic carbocycles. The summed E-state index contributed by atoms with van der Waals surface area (Å²) in [6.07, 6.45) is 9.67. The quantitative estimate of drug-likeness (QED) is 0.137. The molecule has 1 unspecified atom stereocenters. The Hall–Kier alpha value is -2.33. The van der Waals surface area contributed by atoms with E-state index in [9.17, 15) is 4.79 Å². The largest absolute Gasteiger partial charge is 0.457 e. The monoisotopic (exact) mass is 440 g/mol. The maximum Gasteiger partial charge on any atom is 0.367 e. The predicted molar refractivity (Wildman–Crippen MR) is 131 cm³/mol. The van der Waals surface area contributed by atoms with E-state index in [0.717, 1.165) is 18.7 Å². The second-order valence-electron chi connectivity index (χ2n) is 9.23. The number of benzene rings is 2. The third-order valence-corrected chi connectivity index (χ3v) is 6.10. The Kier molecular flexibility index (Phi) is 11.3. The molecular formula is C28H42NO3+. The van der Waals surface area contributed by atoms with Gasteiger partial charge in [0.2, 0.25) is 6.79 Å². The summed E-state index contributed by atoms with van der Waals surface area (Å²) in [5, 5.41) is 0. The van der Waals surface area contributed by atoms with Gasteiger partial charge in [-0.2, -0.15) is 0 Å². The Morgan fingerprint density at radius 2 is 1.50 bits per heavy atom. The van der Waals surface area contributed by atoms with Gasteiger partial charge in [-0.1, -0.05) is 88.4 Å². The van der Waals surface area contributed by atoms with Crippen molar-refractivity contribution in [1.82, 2.24) is 0 Å². The Morgan fingerprint density at radius 1 is 0.844 bits per heavy atom. The van der Waals surface area contributed by atoms with Crippen LogP contribution < -0.4 is 4.74 Å². The first-order valence-corrected chi connectivity index (χ1v) is 12.2. The van der Waals surface area contributed by atoms with Crippen LogP contribution in [0.1, 0.15) is 69.9 Å². The standard InChI is InChI=1S/C28H42NO3/c1-5-7-8-9-10-12-15-24-18-20-26(21-19-24)31-23-32-28(30)27(6-2)29(3,4)22-25-16-13-11-14-17-25/h11,13-14,16-21,27H,5-10,12,15,22-23H2,1-4H3/q+1. The zero-order valence-electron chi connectivity index (χ0n) is 20.5. The number of carbonyl (C=O) groups excluding carboxylic acids is 1. The van der Waals surface area contributed by atoms with Crippen LogP contribution >= 0.6 is 0 Å². The normalized spacial score (nSPS) is 12.4. The Bertz CT molecular complexity index is 771. The fourth-order valence-corrected chi connectivity index (χ4v) is 4.22. The van der Waals surface area contributed by atoms with Crippen LogP contribution in [0.2, 0.25) is 0 Å². The van der Waals surface area contributed by atoms with Crippen LogP contribution in [-0.2, 0) is 22.5 Å². The van der Waals surface area contributed by atoms with Crippen molar-refractivity contribution in [3.05, 3.63) is 65.7 Å². The average molecular weight is 441 g/mol. The molecule has 4 nitrogen and oxygen atoms in total. The molecule has 0 aliphatic rings. The lowest BCUT2D eigenvalue weighted by Crippen LogP contribution is -2.52. The van der Waals surface area contributed by atoms with Crippen molar-refractivity contribution in [3.63, 3.8) is 0 Å². The van der Waals surface area contributed by atoms with Gasteiger partial charge < -0.3 is 14.0 Å². The SMILES string of the molecule is CCCCCCCCc1ccc(OCOC(=O)C(CC)[N+](C)(C)Cc2ccccc2)cc1. The number of ether oxygens (including phenoxy) is 2. The van der Waals surface area contributed by atoms with Crippen molar-refractivity contribution in [2.24, 2.45) is 0 Å². The van der Waals surface area contributed by atoms with Gasteiger partial charge in [0.05, 0.1) is 14.1 Å². The molecule has 0 saturated heterocycles. The van der Waals surface area contributed by atoms with Crippen LogP contribution in [0.15, 0.2) is 54.6 Å². The molecule has 4 heteroatoms. The number of quaternary nitrogens is 1. The van der Waals surface area contributed by atoms with Gasteiger partial charge in [0.15, 0.2) is 6.04 Å². The van der Waals surface area contributed by atoms with Crippen molar-refractivity contribution in [3.8, 4) is 5.75 Å². The van der Waals surface area contributed by atoms with Gasteiger partial charge in [0, 0.05) is 12.0 Å². The lowest BCUT2D eigenvalue weighted by atomic mass is 10.1. The molecule has 2 aromatic rings. The first-order valence-electron chi connectivity index (χ1n) is 12.2. The number of hydrogen-bond acceptors (Lipinski definition) is 3. The molecule has 176 valence electrons. The molecule has 0 aliphatic carbocycles. The number of nitrogens with zero attached hydrogens (tertiary/aromatic N) is 1. The lowest BCUT2D eigenvalue weighted by Gasteiger charge is -2.36. The molecule has 0 amide bonds. The Morgan fingerprint density at radius 3 is 2.16 bits per heavy atom. The van der Waals surface area contributed by atoms with E-state index in [0.29, 0.717) is 10.9 Å². The van der Waals surface area contributed by atoms with Crippen LogP contribution in [-0.4, -0.2) is 37.4 Å². The minimum Gasteiger partial charge on any atom is -0.457 e. The summed E-state index contributed by atoms with van der Waals surface area (Å²) in [4.78, 5) is 12.8. The molecule has 0 fully saturated rings. The van der Waals surface area contributed by atoms with Gasteiger partial charge in [0.1, 0.15) is 12.3 Å². The zero-order chi connectivity index (χ0) is 23.2. The smallest absolute Gasteiger partial charge is 0.367 e. The van der Waals surface area contributed by atoms with E-state index in [1.54, 1.807) is 0 Å². The Labute approximate surface area is 195 Å². The van der Waals surface area contributed by atoms with Gasteiger partial charge in [0.25, 0.3) is 0 Å². The summed E-state index contributed by atoms with van der Waals surface area (Å²) in [7, 11) is 4.15. The molecule has 32 heavy (non-hydrogen) atoms. The van der Waals surface area contributed by atoms with E-state index in [-0.39, 0.29) is 18.8 Å². The first kappa shape index (κ1) is 25.9. The minimum atomic E-state index is -0.237. The fraction of sp³-hybridized carbons (Fsp3) is 0.536. The van der Waals surface area contributed by atoms with Gasteiger partial charge in [-0.15, -0.1) is 0 Å². The summed E-state index contributed by atoms with van der Waals surface area (Å²) in [5.41, 5.74) is 2.54. The van der Waals surface area contributed by atoms with Crippen LogP contribution in [0, 0.1) is 0 Å². The molecule has 2 rings (SSSR count). The summed E-state index contributed by atoms with van der Waals surface area (Å²) in [6, 6.07) is 18.2. The van der Waals surface area contributed by atoms with E-state index >= 15 is 0 Å². The highest BCUT2D eigenvalue weighted by Gasteiger charge is 2.35. The van der Waals surface area contributed by atoms with Gasteiger partial charge in [-0.05, 0) is 30.5 Å². The topological polar surface area (TPSA) is 35.5 Å². The molecule has 0 spiro atoms. The number of aryl methyl sites for hydroxylation is 1. The molecule has 0 saturated carbocycles. The van der Waals surface area contributed by atoms with Crippen LogP contribution in [0.4, 0.5) is 0 Å². The highest BCUT2D eigenvalue weighted by molar-refractivity contribution is 5.74. The van der Waals surface area contributed by atoms with E-state index in [4.69, 9.17) is 9.47 Å². The van der Waals surface area contributed by atoms with Gasteiger partial charge in [-0.3, -0.25) is 0 Å². The second-order valence-corrected chi connectivity index (χ2v) is 9.23. The molecule has 0 radical (unpaired) electrons. The predicted octanol–water partition coefficient (Wildman–Crippen LogP) is 6.52. The summed E-state index contributed by atoms with van der Waals surface area (Å²) < 4.78 is 11.7. The Balaban J connectivity index is 1.74. The highest BCUT2D eigenvalue weighted by atomic mass is 16.7. The summed E-state index contributed by atoms with van der Waals surface area (Å²) >= 11 is 0. The van der Waals surface area contributed by atoms with E-state index in [2.05, 4.69) is 45.3 Å². The van der Waals surface area contributed by atoms with Crippen molar-refractivity contribution in [2.45, 2.75) is 77.8 Å². The third-order valence-electron chi connectivity index (χ3n) is 6.10. The summed E-state index contributed by atoms with van der Waals surface area (Å²) in [5.74, 6) is 0.517. The number of rotatable bonds is 15. The van der Waals surface area contributed by atoms with Crippen molar-refractivity contribution in [2.75, 3.05) is 20.9 Å². The number of hydrogen-bond donors (Lipinski definition) is 0. The molecule has 0 N–H and O–H groups in total. The van der Waals surface area contributed by atoms with Crippen molar-refractivity contribution >= 4 is 5.97 Å². The van der Waals surface area contributed by atoms with E-state index < -0.39 is 0 Å². The molecule has 0 aromatic heterocycles. The number of likely N-dealkylation sites (N-methyl/N-ethyl adjacent to an activating group) is 1. The van der Waals surface area contributed by atoms with Crippen LogP contribution in [0.3, 0.4) is 0 Å². The number of unbranched alkanes of at least 4 members (excludes halogenated alkanes) is 5. The molecule has 0 aliphatic heterocycles. The zero-order valence-corrected chi connectivity index (χ0v) is 20.5. The van der Waals surface area contributed by atoms with E-state index in [1.165, 1.54) is 49.7 Å². The summed E-state index contributed by atoms with van der Waals surface area (Å²) in [6.45, 7) is 4.99. The first-order chi connectivity index (χ1) is 15.5. The fourth-order valence-electron chi connectivity index (χ4n) is 4.22. The maximum atomic E-state index is 12.8. The van der Waals surface area contributed by atoms with Crippen molar-refractivity contribution in [1.29, 1.82) is 0 Å². The number of esters is 1. The second kappa shape index (κ2) is 13.9. The molecule has 0 bridgehead atoms. The average Bonchev–Trinajstić information content (AvgIpc) is 2.78. The molecule has 1 atom stereocenters. The van der Waals surface area contributed by atoms with Gasteiger partial charge >= 0.3 is 5.97 Å². The van der Waals surface area contributed by atoms with E-state index in [1.807, 2.05) is 37.3 Å².